The molecule has 10 heteroatoms. The number of pyridine rings is 1. The van der Waals surface area contributed by atoms with Gasteiger partial charge in [-0.2, -0.15) is 0 Å². The maximum atomic E-state index is 12.1. The summed E-state index contributed by atoms with van der Waals surface area (Å²) >= 11 is 0. The third kappa shape index (κ3) is 5.01. The Morgan fingerprint density at radius 2 is 2.00 bits per heavy atom. The minimum absolute atomic E-state index is 0. The van der Waals surface area contributed by atoms with E-state index >= 15 is 0 Å². The number of hydrogen-bond acceptors (Lipinski definition) is 7. The average Bonchev–Trinajstić information content (AvgIpc) is 2.35. The van der Waals surface area contributed by atoms with Crippen LogP contribution in [0.5, 0.6) is 0 Å². The molecule has 0 aliphatic rings. The Morgan fingerprint density at radius 3 is 2.37 bits per heavy atom. The topological polar surface area (TPSA) is 106 Å². The molecule has 0 fully saturated rings. The smallest absolute Gasteiger partial charge is 0.747 e. The molecule has 1 aromatic rings. The molecule has 19 heavy (non-hydrogen) atoms. The minimum atomic E-state index is -4.84. The van der Waals surface area contributed by atoms with Crippen LogP contribution in [0.1, 0.15) is 5.56 Å². The van der Waals surface area contributed by atoms with Crippen LogP contribution in [0.3, 0.4) is 0 Å². The number of hydrogen-bond donors (Lipinski definition) is 0. The van der Waals surface area contributed by atoms with E-state index in [9.17, 15) is 17.5 Å². The van der Waals surface area contributed by atoms with Crippen LogP contribution in [0, 0.1) is 0 Å². The van der Waals surface area contributed by atoms with Crippen LogP contribution < -0.4 is 18.9 Å². The van der Waals surface area contributed by atoms with Gasteiger partial charge < -0.3 is 13.6 Å². The van der Waals surface area contributed by atoms with Gasteiger partial charge in [0.1, 0.15) is 10.1 Å². The fraction of sp³-hybridized carbons (Fsp3) is 0.444. The summed E-state index contributed by atoms with van der Waals surface area (Å²) in [4.78, 5) is 2.00. The van der Waals surface area contributed by atoms with E-state index in [0.29, 0.717) is 5.56 Å². The van der Waals surface area contributed by atoms with E-state index in [4.69, 9.17) is 0 Å². The zero-order valence-corrected chi connectivity index (χ0v) is 12.6. The van der Waals surface area contributed by atoms with Crippen molar-refractivity contribution in [3.05, 3.63) is 30.1 Å². The quantitative estimate of drug-likeness (QED) is 0.339. The van der Waals surface area contributed by atoms with Gasteiger partial charge in [-0.25, -0.2) is 8.42 Å². The van der Waals surface area contributed by atoms with E-state index in [1.54, 1.807) is 12.1 Å². The zero-order chi connectivity index (χ0) is 13.8. The van der Waals surface area contributed by atoms with Crippen molar-refractivity contribution in [2.24, 2.45) is 0 Å². The predicted molar refractivity (Wildman–Crippen MR) is 63.1 cm³/mol. The fourth-order valence-corrected chi connectivity index (χ4v) is 4.63. The molecule has 1 rings (SSSR count). The molecule has 0 amide bonds. The number of aromatic nitrogens is 1. The third-order valence-corrected chi connectivity index (χ3v) is 6.62. The maximum absolute atomic E-state index is 12.1. The van der Waals surface area contributed by atoms with Crippen LogP contribution in [0.25, 0.3) is 0 Å². The molecule has 0 saturated carbocycles. The summed E-state index contributed by atoms with van der Waals surface area (Å²) in [5.74, 6) is 0. The van der Waals surface area contributed by atoms with Crippen LogP contribution >= 0.6 is 7.60 Å². The SMILES string of the molecule is COP(=O)(OC)C(Cc1cccnc1)S(=O)(=O)[O-].[Li+]. The van der Waals surface area contributed by atoms with Crippen LogP contribution in [0.15, 0.2) is 24.5 Å². The van der Waals surface area contributed by atoms with Crippen LogP contribution in [-0.4, -0.2) is 37.2 Å². The summed E-state index contributed by atoms with van der Waals surface area (Å²) in [6.07, 6.45) is 2.60. The molecule has 102 valence electrons. The molecule has 7 nitrogen and oxygen atoms in total. The summed E-state index contributed by atoms with van der Waals surface area (Å²) < 4.78 is 54.8. The normalized spacial score (nSPS) is 13.6. The van der Waals surface area contributed by atoms with Crippen molar-refractivity contribution in [1.82, 2.24) is 4.98 Å². The Morgan fingerprint density at radius 1 is 1.42 bits per heavy atom. The molecule has 0 N–H and O–H groups in total. The molecule has 1 atom stereocenters. The first-order valence-corrected chi connectivity index (χ1v) is 7.96. The molecule has 0 spiro atoms. The first-order chi connectivity index (χ1) is 8.33. The second-order valence-electron chi connectivity index (χ2n) is 3.42. The maximum Gasteiger partial charge on any atom is 1.00 e. The molecule has 0 aliphatic carbocycles. The van der Waals surface area contributed by atoms with E-state index in [1.807, 2.05) is 0 Å². The van der Waals surface area contributed by atoms with Crippen molar-refractivity contribution < 1.29 is 45.4 Å². The summed E-state index contributed by atoms with van der Waals surface area (Å²) in [7, 11) is -6.78. The van der Waals surface area contributed by atoms with Gasteiger partial charge in [0.2, 0.25) is 0 Å². The number of nitrogens with zero attached hydrogens (tertiary/aromatic N) is 1. The fourth-order valence-electron chi connectivity index (χ4n) is 1.40. The van der Waals surface area contributed by atoms with Gasteiger partial charge in [0, 0.05) is 33.0 Å². The molecule has 1 aromatic heterocycles. The monoisotopic (exact) mass is 301 g/mol. The third-order valence-electron chi connectivity index (χ3n) is 2.33. The largest absolute Gasteiger partial charge is 1.00 e. The Labute approximate surface area is 124 Å². The van der Waals surface area contributed by atoms with Crippen LogP contribution in [0.2, 0.25) is 0 Å². The van der Waals surface area contributed by atoms with E-state index < -0.39 is 22.7 Å². The number of rotatable bonds is 6. The van der Waals surface area contributed by atoms with Crippen molar-refractivity contribution in [3.8, 4) is 0 Å². The standard InChI is InChI=1S/C9H14NO6PS.Li/c1-15-17(11,16-2)9(18(12,13)14)6-8-4-3-5-10-7-8;/h3-5,7,9H,6H2,1-2H3,(H,12,13,14);/q;+1/p-1. The Bertz CT molecular complexity index is 529. The van der Waals surface area contributed by atoms with Crippen molar-refractivity contribution in [3.63, 3.8) is 0 Å². The van der Waals surface area contributed by atoms with Gasteiger partial charge in [0.05, 0.1) is 0 Å². The summed E-state index contributed by atoms with van der Waals surface area (Å²) in [6, 6.07) is 3.15. The van der Waals surface area contributed by atoms with E-state index in [1.165, 1.54) is 12.4 Å². The van der Waals surface area contributed by atoms with E-state index in [0.717, 1.165) is 14.2 Å². The van der Waals surface area contributed by atoms with Gasteiger partial charge in [0.15, 0.2) is 4.99 Å². The molecular weight excluding hydrogens is 288 g/mol. The van der Waals surface area contributed by atoms with Gasteiger partial charge in [-0.05, 0) is 11.6 Å². The zero-order valence-electron chi connectivity index (χ0n) is 10.8. The molecule has 1 heterocycles. The summed E-state index contributed by atoms with van der Waals surface area (Å²) in [5, 5.41) is 0. The van der Waals surface area contributed by atoms with Crippen molar-refractivity contribution in [2.75, 3.05) is 14.2 Å². The van der Waals surface area contributed by atoms with Crippen LogP contribution in [0.4, 0.5) is 0 Å². The van der Waals surface area contributed by atoms with Gasteiger partial charge in [-0.1, -0.05) is 6.07 Å². The average molecular weight is 301 g/mol. The molecule has 1 unspecified atom stereocenters. The minimum Gasteiger partial charge on any atom is -0.747 e. The molecular formula is C9H13LiNO6PS. The molecule has 0 radical (unpaired) electrons. The van der Waals surface area contributed by atoms with Crippen molar-refractivity contribution in [2.45, 2.75) is 11.4 Å². The summed E-state index contributed by atoms with van der Waals surface area (Å²) in [6.45, 7) is 0. The van der Waals surface area contributed by atoms with E-state index in [-0.39, 0.29) is 25.3 Å². The molecule has 0 saturated heterocycles. The van der Waals surface area contributed by atoms with Crippen LogP contribution in [-0.2, 0) is 30.2 Å². The Hall–Kier alpha value is -0.193. The van der Waals surface area contributed by atoms with Crippen molar-refractivity contribution in [1.29, 1.82) is 0 Å². The second kappa shape index (κ2) is 7.55. The van der Waals surface area contributed by atoms with Gasteiger partial charge in [-0.15, -0.1) is 0 Å². The molecule has 0 aromatic carbocycles. The van der Waals surface area contributed by atoms with Crippen molar-refractivity contribution >= 4 is 17.7 Å². The van der Waals surface area contributed by atoms with Gasteiger partial charge >= 0.3 is 26.5 Å². The molecule has 0 aliphatic heterocycles. The summed E-state index contributed by atoms with van der Waals surface area (Å²) in [5.41, 5.74) is 0.455. The predicted octanol–water partition coefficient (Wildman–Crippen LogP) is -2.01. The first-order valence-electron chi connectivity index (χ1n) is 4.88. The molecule has 0 bridgehead atoms. The van der Waals surface area contributed by atoms with Gasteiger partial charge in [0.25, 0.3) is 0 Å². The Kier molecular flexibility index (Phi) is 7.48. The van der Waals surface area contributed by atoms with Gasteiger partial charge in [-0.3, -0.25) is 9.55 Å². The van der Waals surface area contributed by atoms with E-state index in [2.05, 4.69) is 14.0 Å². The Balaban J connectivity index is 0.00000324. The second-order valence-corrected chi connectivity index (χ2v) is 7.76. The first kappa shape index (κ1) is 18.8.